The molecule has 26 heavy (non-hydrogen) atoms. The molecule has 140 valence electrons. The average molecular weight is 374 g/mol. The van der Waals surface area contributed by atoms with Crippen molar-refractivity contribution >= 4 is 15.7 Å². The van der Waals surface area contributed by atoms with Crippen LogP contribution in [0.25, 0.3) is 0 Å². The molecule has 0 amide bonds. The molecule has 1 aliphatic heterocycles. The van der Waals surface area contributed by atoms with Gasteiger partial charge in [-0.15, -0.1) is 0 Å². The summed E-state index contributed by atoms with van der Waals surface area (Å²) in [5.41, 5.74) is 2.17. The van der Waals surface area contributed by atoms with Crippen molar-refractivity contribution in [2.24, 2.45) is 0 Å². The molecule has 0 atom stereocenters. The van der Waals surface area contributed by atoms with Crippen LogP contribution in [0.4, 0.5) is 5.69 Å². The number of nitrogens with one attached hydrogen (secondary N) is 2. The van der Waals surface area contributed by atoms with Crippen LogP contribution in [0, 0.1) is 0 Å². The lowest BCUT2D eigenvalue weighted by molar-refractivity contribution is 0.225. The van der Waals surface area contributed by atoms with Gasteiger partial charge in [0.25, 0.3) is 0 Å². The average Bonchev–Trinajstić information content (AvgIpc) is 2.62. The second-order valence-corrected chi connectivity index (χ2v) is 8.63. The van der Waals surface area contributed by atoms with Crippen LogP contribution >= 0.6 is 0 Å². The SMILES string of the molecule is CCCCNc1ccc(S(=O)(=O)N2CC(NCc3ccccc3)C2)cc1. The molecule has 2 aromatic carbocycles. The number of rotatable bonds is 9. The molecule has 6 heteroatoms. The first kappa shape index (κ1) is 18.9. The van der Waals surface area contributed by atoms with Crippen LogP contribution < -0.4 is 10.6 Å². The maximum atomic E-state index is 12.7. The van der Waals surface area contributed by atoms with E-state index in [0.29, 0.717) is 18.0 Å². The molecule has 0 unspecified atom stereocenters. The van der Waals surface area contributed by atoms with Gasteiger partial charge in [0, 0.05) is 37.9 Å². The van der Waals surface area contributed by atoms with Crippen LogP contribution in [0.15, 0.2) is 59.5 Å². The zero-order chi connectivity index (χ0) is 18.4. The van der Waals surface area contributed by atoms with Gasteiger partial charge in [0.05, 0.1) is 4.90 Å². The highest BCUT2D eigenvalue weighted by molar-refractivity contribution is 7.89. The van der Waals surface area contributed by atoms with Crippen LogP contribution in [0.5, 0.6) is 0 Å². The lowest BCUT2D eigenvalue weighted by Crippen LogP contribution is -2.59. The fraction of sp³-hybridized carbons (Fsp3) is 0.400. The van der Waals surface area contributed by atoms with Crippen LogP contribution in [-0.4, -0.2) is 38.4 Å². The summed E-state index contributed by atoms with van der Waals surface area (Å²) < 4.78 is 26.9. The quantitative estimate of drug-likeness (QED) is 0.663. The molecule has 1 aliphatic rings. The predicted octanol–water partition coefficient (Wildman–Crippen LogP) is 3.06. The van der Waals surface area contributed by atoms with Crippen molar-refractivity contribution < 1.29 is 8.42 Å². The Kier molecular flexibility index (Phi) is 6.29. The first-order valence-electron chi connectivity index (χ1n) is 9.21. The number of nitrogens with zero attached hydrogens (tertiary/aromatic N) is 1. The zero-order valence-corrected chi connectivity index (χ0v) is 16.0. The molecule has 5 nitrogen and oxygen atoms in total. The number of hydrogen-bond donors (Lipinski definition) is 2. The second kappa shape index (κ2) is 8.66. The van der Waals surface area contributed by atoms with Crippen molar-refractivity contribution in [2.75, 3.05) is 25.0 Å². The minimum absolute atomic E-state index is 0.208. The minimum Gasteiger partial charge on any atom is -0.385 e. The van der Waals surface area contributed by atoms with Gasteiger partial charge in [-0.25, -0.2) is 8.42 Å². The Labute approximate surface area is 156 Å². The highest BCUT2D eigenvalue weighted by atomic mass is 32.2. The van der Waals surface area contributed by atoms with Gasteiger partial charge in [-0.2, -0.15) is 4.31 Å². The van der Waals surface area contributed by atoms with E-state index in [2.05, 4.69) is 29.7 Å². The van der Waals surface area contributed by atoms with Gasteiger partial charge < -0.3 is 10.6 Å². The van der Waals surface area contributed by atoms with Crippen LogP contribution in [0.1, 0.15) is 25.3 Å². The molecule has 0 aromatic heterocycles. The molecule has 0 radical (unpaired) electrons. The molecule has 0 bridgehead atoms. The standard InChI is InChI=1S/C20H27N3O2S/c1-2-3-13-21-18-9-11-20(12-10-18)26(24,25)23-15-19(16-23)22-14-17-7-5-4-6-8-17/h4-12,19,21-22H,2-3,13-16H2,1H3. The molecule has 2 aromatic rings. The fourth-order valence-electron chi connectivity index (χ4n) is 2.92. The monoisotopic (exact) mass is 373 g/mol. The summed E-state index contributed by atoms with van der Waals surface area (Å²) >= 11 is 0. The Bertz CT molecular complexity index is 786. The van der Waals surface area contributed by atoms with Crippen molar-refractivity contribution in [3.05, 3.63) is 60.2 Å². The van der Waals surface area contributed by atoms with Crippen LogP contribution in [0.3, 0.4) is 0 Å². The van der Waals surface area contributed by atoms with Crippen molar-refractivity contribution in [1.82, 2.24) is 9.62 Å². The van der Waals surface area contributed by atoms with E-state index in [-0.39, 0.29) is 6.04 Å². The Morgan fingerprint density at radius 2 is 1.73 bits per heavy atom. The molecule has 0 saturated carbocycles. The summed E-state index contributed by atoms with van der Waals surface area (Å²) in [6.45, 7) is 4.85. The van der Waals surface area contributed by atoms with E-state index in [1.165, 1.54) is 9.87 Å². The van der Waals surface area contributed by atoms with Crippen molar-refractivity contribution in [2.45, 2.75) is 37.2 Å². The third-order valence-corrected chi connectivity index (χ3v) is 6.48. The Morgan fingerprint density at radius 3 is 2.38 bits per heavy atom. The molecular formula is C20H27N3O2S. The number of hydrogen-bond acceptors (Lipinski definition) is 4. The maximum absolute atomic E-state index is 12.7. The highest BCUT2D eigenvalue weighted by Gasteiger charge is 2.36. The molecule has 0 aliphatic carbocycles. The third kappa shape index (κ3) is 4.63. The Balaban J connectivity index is 1.50. The maximum Gasteiger partial charge on any atom is 0.243 e. The Hall–Kier alpha value is -1.89. The van der Waals surface area contributed by atoms with Gasteiger partial charge in [0.1, 0.15) is 0 Å². The minimum atomic E-state index is -3.39. The fourth-order valence-corrected chi connectivity index (χ4v) is 4.46. The lowest BCUT2D eigenvalue weighted by Gasteiger charge is -2.38. The molecular weight excluding hydrogens is 346 g/mol. The normalized spacial score (nSPS) is 15.6. The molecule has 1 saturated heterocycles. The van der Waals surface area contributed by atoms with Crippen LogP contribution in [-0.2, 0) is 16.6 Å². The van der Waals surface area contributed by atoms with Gasteiger partial charge in [-0.1, -0.05) is 43.7 Å². The van der Waals surface area contributed by atoms with Crippen molar-refractivity contribution in [1.29, 1.82) is 0 Å². The largest absolute Gasteiger partial charge is 0.385 e. The van der Waals surface area contributed by atoms with Crippen LogP contribution in [0.2, 0.25) is 0 Å². The molecule has 1 fully saturated rings. The summed E-state index contributed by atoms with van der Waals surface area (Å²) in [4.78, 5) is 0.361. The van der Waals surface area contributed by atoms with E-state index in [4.69, 9.17) is 0 Å². The summed E-state index contributed by atoms with van der Waals surface area (Å²) in [7, 11) is -3.39. The molecule has 2 N–H and O–H groups in total. The zero-order valence-electron chi connectivity index (χ0n) is 15.2. The van der Waals surface area contributed by atoms with Gasteiger partial charge >= 0.3 is 0 Å². The van der Waals surface area contributed by atoms with E-state index >= 15 is 0 Å². The number of benzene rings is 2. The summed E-state index contributed by atoms with van der Waals surface area (Å²) in [6.07, 6.45) is 2.24. The molecule has 3 rings (SSSR count). The highest BCUT2D eigenvalue weighted by Crippen LogP contribution is 2.23. The van der Waals surface area contributed by atoms with E-state index in [0.717, 1.165) is 31.6 Å². The first-order chi connectivity index (χ1) is 12.6. The number of sulfonamides is 1. The lowest BCUT2D eigenvalue weighted by atomic mass is 10.1. The van der Waals surface area contributed by atoms with Gasteiger partial charge in [0.15, 0.2) is 0 Å². The van der Waals surface area contributed by atoms with E-state index in [9.17, 15) is 8.42 Å². The smallest absolute Gasteiger partial charge is 0.243 e. The summed E-state index contributed by atoms with van der Waals surface area (Å²) in [6, 6.07) is 17.4. The third-order valence-electron chi connectivity index (χ3n) is 4.64. The topological polar surface area (TPSA) is 61.4 Å². The molecule has 0 spiro atoms. The summed E-state index contributed by atoms with van der Waals surface area (Å²) in [5.74, 6) is 0. The van der Waals surface area contributed by atoms with Gasteiger partial charge in [-0.05, 0) is 36.2 Å². The molecule has 1 heterocycles. The number of anilines is 1. The second-order valence-electron chi connectivity index (χ2n) is 6.69. The summed E-state index contributed by atoms with van der Waals surface area (Å²) in [5, 5.41) is 6.71. The first-order valence-corrected chi connectivity index (χ1v) is 10.6. The van der Waals surface area contributed by atoms with E-state index < -0.39 is 10.0 Å². The number of unbranched alkanes of at least 4 members (excludes halogenated alkanes) is 1. The van der Waals surface area contributed by atoms with Gasteiger partial charge in [0.2, 0.25) is 10.0 Å². The van der Waals surface area contributed by atoms with Crippen molar-refractivity contribution in [3.63, 3.8) is 0 Å². The predicted molar refractivity (Wildman–Crippen MR) is 106 cm³/mol. The van der Waals surface area contributed by atoms with Crippen molar-refractivity contribution in [3.8, 4) is 0 Å². The van der Waals surface area contributed by atoms with Gasteiger partial charge in [-0.3, -0.25) is 0 Å². The van der Waals surface area contributed by atoms with E-state index in [1.807, 2.05) is 30.3 Å². The Morgan fingerprint density at radius 1 is 1.04 bits per heavy atom. The van der Waals surface area contributed by atoms with E-state index in [1.54, 1.807) is 12.1 Å².